The number of carbonyl (C=O) groups is 2. The lowest BCUT2D eigenvalue weighted by Crippen LogP contribution is -2.44. The molecule has 0 saturated heterocycles. The molecule has 18 heavy (non-hydrogen) atoms. The van der Waals surface area contributed by atoms with E-state index < -0.39 is 5.97 Å². The predicted molar refractivity (Wildman–Crippen MR) is 68.5 cm³/mol. The van der Waals surface area contributed by atoms with Crippen LogP contribution in [0.25, 0.3) is 0 Å². The van der Waals surface area contributed by atoms with Crippen LogP contribution in [-0.4, -0.2) is 61.8 Å². The molecule has 0 aromatic heterocycles. The van der Waals surface area contributed by atoms with Crippen molar-refractivity contribution in [1.82, 2.24) is 10.2 Å². The summed E-state index contributed by atoms with van der Waals surface area (Å²) in [5.74, 6) is -0.844. The van der Waals surface area contributed by atoms with Crippen LogP contribution in [0.5, 0.6) is 0 Å². The van der Waals surface area contributed by atoms with Gasteiger partial charge in [-0.25, -0.2) is 0 Å². The van der Waals surface area contributed by atoms with E-state index in [1.54, 1.807) is 7.11 Å². The molecule has 0 aromatic rings. The quantitative estimate of drug-likeness (QED) is 0.553. The van der Waals surface area contributed by atoms with Crippen molar-refractivity contribution in [3.8, 4) is 0 Å². The van der Waals surface area contributed by atoms with Gasteiger partial charge >= 0.3 is 5.97 Å². The Hall–Kier alpha value is -1.14. The molecule has 1 amide bonds. The van der Waals surface area contributed by atoms with Gasteiger partial charge in [0.2, 0.25) is 5.91 Å². The van der Waals surface area contributed by atoms with Crippen molar-refractivity contribution in [1.29, 1.82) is 0 Å². The Bertz CT molecular complexity index is 258. The van der Waals surface area contributed by atoms with Crippen LogP contribution in [0.3, 0.4) is 0 Å². The molecular weight excluding hydrogens is 236 g/mol. The van der Waals surface area contributed by atoms with Gasteiger partial charge in [0, 0.05) is 26.7 Å². The number of ether oxygens (including phenoxy) is 1. The molecule has 0 saturated carbocycles. The maximum Gasteiger partial charge on any atom is 0.303 e. The van der Waals surface area contributed by atoms with E-state index in [2.05, 4.69) is 5.32 Å². The van der Waals surface area contributed by atoms with Gasteiger partial charge in [-0.15, -0.1) is 0 Å². The van der Waals surface area contributed by atoms with Gasteiger partial charge in [-0.3, -0.25) is 14.5 Å². The average Bonchev–Trinajstić information content (AvgIpc) is 2.32. The van der Waals surface area contributed by atoms with E-state index in [0.29, 0.717) is 26.1 Å². The van der Waals surface area contributed by atoms with E-state index in [4.69, 9.17) is 9.84 Å². The summed E-state index contributed by atoms with van der Waals surface area (Å²) in [6.45, 7) is 3.63. The van der Waals surface area contributed by atoms with Gasteiger partial charge in [-0.05, 0) is 33.4 Å². The fourth-order valence-electron chi connectivity index (χ4n) is 1.45. The molecule has 0 rings (SSSR count). The van der Waals surface area contributed by atoms with Crippen LogP contribution in [0.2, 0.25) is 0 Å². The third-order valence-corrected chi connectivity index (χ3v) is 2.77. The molecule has 0 bridgehead atoms. The van der Waals surface area contributed by atoms with Gasteiger partial charge in [-0.1, -0.05) is 0 Å². The summed E-state index contributed by atoms with van der Waals surface area (Å²) < 4.78 is 4.89. The first-order chi connectivity index (χ1) is 8.49. The number of hydrogen-bond donors (Lipinski definition) is 2. The maximum atomic E-state index is 11.7. The monoisotopic (exact) mass is 260 g/mol. The number of carboxylic acids is 1. The molecule has 106 valence electrons. The first-order valence-electron chi connectivity index (χ1n) is 6.17. The van der Waals surface area contributed by atoms with Gasteiger partial charge in [0.05, 0.1) is 6.04 Å². The lowest BCUT2D eigenvalue weighted by molar-refractivity contribution is -0.137. The number of nitrogens with one attached hydrogen (secondary N) is 1. The topological polar surface area (TPSA) is 78.9 Å². The Morgan fingerprint density at radius 3 is 2.61 bits per heavy atom. The molecule has 0 spiro atoms. The van der Waals surface area contributed by atoms with Crippen LogP contribution < -0.4 is 5.32 Å². The van der Waals surface area contributed by atoms with Crippen molar-refractivity contribution in [3.63, 3.8) is 0 Å². The van der Waals surface area contributed by atoms with Gasteiger partial charge in [0.1, 0.15) is 0 Å². The number of likely N-dealkylation sites (N-methyl/N-ethyl adjacent to an activating group) is 1. The van der Waals surface area contributed by atoms with Crippen molar-refractivity contribution in [2.24, 2.45) is 0 Å². The van der Waals surface area contributed by atoms with Gasteiger partial charge in [-0.2, -0.15) is 0 Å². The minimum atomic E-state index is -0.805. The summed E-state index contributed by atoms with van der Waals surface area (Å²) in [5, 5.41) is 11.4. The molecule has 0 aliphatic carbocycles. The Morgan fingerprint density at radius 2 is 2.06 bits per heavy atom. The van der Waals surface area contributed by atoms with Crippen molar-refractivity contribution in [2.75, 3.05) is 33.9 Å². The third kappa shape index (κ3) is 8.03. The van der Waals surface area contributed by atoms with Crippen LogP contribution in [0.15, 0.2) is 0 Å². The Kier molecular flexibility index (Phi) is 9.22. The highest BCUT2D eigenvalue weighted by atomic mass is 16.5. The predicted octanol–water partition coefficient (Wildman–Crippen LogP) is 0.324. The molecule has 0 aliphatic heterocycles. The van der Waals surface area contributed by atoms with Crippen molar-refractivity contribution < 1.29 is 19.4 Å². The maximum absolute atomic E-state index is 11.7. The molecular formula is C12H24N2O4. The molecule has 0 heterocycles. The highest BCUT2D eigenvalue weighted by Gasteiger charge is 2.17. The van der Waals surface area contributed by atoms with Crippen LogP contribution in [-0.2, 0) is 14.3 Å². The molecule has 6 nitrogen and oxygen atoms in total. The number of carboxylic acid groups (broad SMARTS) is 1. The summed E-state index contributed by atoms with van der Waals surface area (Å²) in [6.07, 6.45) is 1.47. The second-order valence-electron chi connectivity index (χ2n) is 4.29. The van der Waals surface area contributed by atoms with Gasteiger partial charge < -0.3 is 15.2 Å². The standard InChI is InChI=1S/C12H24N2O4/c1-10(12(17)13-7-5-9-18-3)14(2)8-4-6-11(15)16/h10H,4-9H2,1-3H3,(H,13,17)(H,15,16). The van der Waals surface area contributed by atoms with Crippen molar-refractivity contribution in [2.45, 2.75) is 32.2 Å². The van der Waals surface area contributed by atoms with E-state index in [1.807, 2.05) is 18.9 Å². The number of nitrogens with zero attached hydrogens (tertiary/aromatic N) is 1. The summed E-state index contributed by atoms with van der Waals surface area (Å²) in [5.41, 5.74) is 0. The van der Waals surface area contributed by atoms with E-state index in [1.165, 1.54) is 0 Å². The highest BCUT2D eigenvalue weighted by Crippen LogP contribution is 1.99. The number of aliphatic carboxylic acids is 1. The SMILES string of the molecule is COCCCNC(=O)C(C)N(C)CCCC(=O)O. The molecule has 6 heteroatoms. The smallest absolute Gasteiger partial charge is 0.303 e. The molecule has 0 aliphatic rings. The van der Waals surface area contributed by atoms with Crippen molar-refractivity contribution >= 4 is 11.9 Å². The van der Waals surface area contributed by atoms with E-state index >= 15 is 0 Å². The fourth-order valence-corrected chi connectivity index (χ4v) is 1.45. The Morgan fingerprint density at radius 1 is 1.39 bits per heavy atom. The normalized spacial score (nSPS) is 12.4. The van der Waals surface area contributed by atoms with Crippen molar-refractivity contribution in [3.05, 3.63) is 0 Å². The summed E-state index contributed by atoms with van der Waals surface area (Å²) in [6, 6.07) is -0.249. The second kappa shape index (κ2) is 9.85. The zero-order valence-corrected chi connectivity index (χ0v) is 11.4. The molecule has 1 atom stereocenters. The molecule has 1 unspecified atom stereocenters. The summed E-state index contributed by atoms with van der Waals surface area (Å²) in [7, 11) is 3.45. The lowest BCUT2D eigenvalue weighted by Gasteiger charge is -2.23. The first kappa shape index (κ1) is 16.9. The number of carbonyl (C=O) groups excluding carboxylic acids is 1. The highest BCUT2D eigenvalue weighted by molar-refractivity contribution is 5.81. The van der Waals surface area contributed by atoms with Crippen LogP contribution in [0, 0.1) is 0 Å². The average molecular weight is 260 g/mol. The molecule has 0 fully saturated rings. The summed E-state index contributed by atoms with van der Waals surface area (Å²) in [4.78, 5) is 24.0. The minimum absolute atomic E-state index is 0.0380. The number of hydrogen-bond acceptors (Lipinski definition) is 4. The van der Waals surface area contributed by atoms with E-state index in [0.717, 1.165) is 6.42 Å². The van der Waals surface area contributed by atoms with Crippen LogP contribution in [0.1, 0.15) is 26.2 Å². The molecule has 0 radical (unpaired) electrons. The summed E-state index contributed by atoms with van der Waals surface area (Å²) >= 11 is 0. The Labute approximate surface area is 108 Å². The zero-order valence-electron chi connectivity index (χ0n) is 11.4. The Balaban J connectivity index is 3.78. The molecule has 0 aromatic carbocycles. The van der Waals surface area contributed by atoms with E-state index in [-0.39, 0.29) is 18.4 Å². The fraction of sp³-hybridized carbons (Fsp3) is 0.833. The first-order valence-corrected chi connectivity index (χ1v) is 6.17. The van der Waals surface area contributed by atoms with Crippen LogP contribution >= 0.6 is 0 Å². The number of methoxy groups -OCH3 is 1. The second-order valence-corrected chi connectivity index (χ2v) is 4.29. The molecule has 2 N–H and O–H groups in total. The lowest BCUT2D eigenvalue weighted by atomic mass is 10.2. The number of amides is 1. The largest absolute Gasteiger partial charge is 0.481 e. The van der Waals surface area contributed by atoms with Crippen LogP contribution in [0.4, 0.5) is 0 Å². The third-order valence-electron chi connectivity index (χ3n) is 2.77. The zero-order chi connectivity index (χ0) is 14.0. The number of rotatable bonds is 10. The van der Waals surface area contributed by atoms with Gasteiger partial charge in [0.15, 0.2) is 0 Å². The minimum Gasteiger partial charge on any atom is -0.481 e. The van der Waals surface area contributed by atoms with E-state index in [9.17, 15) is 9.59 Å². The van der Waals surface area contributed by atoms with Gasteiger partial charge in [0.25, 0.3) is 0 Å².